The van der Waals surface area contributed by atoms with E-state index in [0.717, 1.165) is 23.0 Å². The summed E-state index contributed by atoms with van der Waals surface area (Å²) in [5.74, 6) is -1.20. The number of aryl methyl sites for hydroxylation is 1. The first-order valence-electron chi connectivity index (χ1n) is 12.2. The first-order valence-corrected chi connectivity index (χ1v) is 12.2. The molecule has 9 heteroatoms. The largest absolute Gasteiger partial charge is 0.433 e. The topological polar surface area (TPSA) is 76.4 Å². The van der Waals surface area contributed by atoms with Crippen LogP contribution in [-0.2, 0) is 12.8 Å². The number of carbonyl (C=O) groups excluding carboxylic acids is 1. The number of alkyl halides is 2. The zero-order chi connectivity index (χ0) is 26.0. The van der Waals surface area contributed by atoms with Crippen LogP contribution in [0.5, 0.6) is 5.75 Å². The fourth-order valence-electron chi connectivity index (χ4n) is 4.53. The average Bonchev–Trinajstić information content (AvgIpc) is 3.09. The number of hydrogen-bond donors (Lipinski definition) is 2. The number of ether oxygens (including phenoxy) is 1. The van der Waals surface area contributed by atoms with E-state index in [1.807, 2.05) is 20.8 Å². The number of halogens is 3. The lowest BCUT2D eigenvalue weighted by Gasteiger charge is -2.34. The van der Waals surface area contributed by atoms with Crippen molar-refractivity contribution < 1.29 is 27.8 Å². The van der Waals surface area contributed by atoms with Gasteiger partial charge in [-0.05, 0) is 61.1 Å². The molecule has 0 spiro atoms. The lowest BCUT2D eigenvalue weighted by atomic mass is 9.79. The first-order chi connectivity index (χ1) is 16.3. The third-order valence-electron chi connectivity index (χ3n) is 6.42. The molecule has 0 radical (unpaired) electrons. The number of imidazole rings is 1. The zero-order valence-corrected chi connectivity index (χ0v) is 21.1. The maximum atomic E-state index is 15.6. The van der Waals surface area contributed by atoms with E-state index in [2.05, 4.69) is 17.2 Å². The van der Waals surface area contributed by atoms with Crippen LogP contribution in [0.15, 0.2) is 18.2 Å². The van der Waals surface area contributed by atoms with Crippen LogP contribution in [0.2, 0.25) is 0 Å². The SMILES string of the molecule is CCc1nc(C(=O)NCC2(O)CCC(C)CC2)c(F)n1-c1ccc(CC(C)(C)C)cc1OC(F)F. The highest BCUT2D eigenvalue weighted by atomic mass is 19.3. The molecule has 1 aromatic heterocycles. The van der Waals surface area contributed by atoms with Gasteiger partial charge < -0.3 is 15.2 Å². The number of benzene rings is 1. The minimum atomic E-state index is -3.10. The van der Waals surface area contributed by atoms with E-state index in [0.29, 0.717) is 25.2 Å². The monoisotopic (exact) mass is 495 g/mol. The van der Waals surface area contributed by atoms with Gasteiger partial charge in [0.2, 0.25) is 5.95 Å². The molecule has 35 heavy (non-hydrogen) atoms. The highest BCUT2D eigenvalue weighted by molar-refractivity contribution is 5.92. The van der Waals surface area contributed by atoms with Crippen molar-refractivity contribution in [2.24, 2.45) is 11.3 Å². The second-order valence-electron chi connectivity index (χ2n) is 10.9. The Morgan fingerprint density at radius 1 is 1.31 bits per heavy atom. The van der Waals surface area contributed by atoms with Gasteiger partial charge in [-0.25, -0.2) is 4.98 Å². The Bertz CT molecular complexity index is 1040. The third-order valence-corrected chi connectivity index (χ3v) is 6.42. The second kappa shape index (κ2) is 10.6. The summed E-state index contributed by atoms with van der Waals surface area (Å²) in [5.41, 5.74) is -0.760. The Kier molecular flexibility index (Phi) is 8.19. The van der Waals surface area contributed by atoms with E-state index in [4.69, 9.17) is 4.74 Å². The number of nitrogens with one attached hydrogen (secondary N) is 1. The molecule has 0 atom stereocenters. The van der Waals surface area contributed by atoms with Crippen molar-refractivity contribution in [3.63, 3.8) is 0 Å². The summed E-state index contributed by atoms with van der Waals surface area (Å²) in [6, 6.07) is 4.72. The van der Waals surface area contributed by atoms with Gasteiger partial charge >= 0.3 is 6.61 Å². The summed E-state index contributed by atoms with van der Waals surface area (Å²) in [6.07, 6.45) is 3.68. The van der Waals surface area contributed by atoms with Crippen molar-refractivity contribution in [1.82, 2.24) is 14.9 Å². The van der Waals surface area contributed by atoms with Crippen molar-refractivity contribution in [2.75, 3.05) is 6.54 Å². The van der Waals surface area contributed by atoms with Gasteiger partial charge in [0.05, 0.1) is 11.3 Å². The van der Waals surface area contributed by atoms with Crippen molar-refractivity contribution in [3.8, 4) is 11.4 Å². The minimum Gasteiger partial charge on any atom is -0.433 e. The Morgan fingerprint density at radius 3 is 2.54 bits per heavy atom. The average molecular weight is 496 g/mol. The van der Waals surface area contributed by atoms with Crippen LogP contribution in [0.25, 0.3) is 5.69 Å². The molecule has 2 N–H and O–H groups in total. The summed E-state index contributed by atoms with van der Waals surface area (Å²) in [7, 11) is 0. The van der Waals surface area contributed by atoms with Crippen molar-refractivity contribution >= 4 is 5.91 Å². The van der Waals surface area contributed by atoms with Crippen LogP contribution < -0.4 is 10.1 Å². The standard InChI is InChI=1S/C26H36F3N3O3/c1-6-20-31-21(23(33)30-15-26(34)11-9-16(2)10-12-26)22(27)32(20)18-8-7-17(14-25(3,4)5)13-19(18)35-24(28)29/h7-8,13,16,24,34H,6,9-12,14-15H2,1-5H3,(H,30,33). The van der Waals surface area contributed by atoms with E-state index in [1.165, 1.54) is 12.1 Å². The molecule has 1 aliphatic carbocycles. The number of amides is 1. The number of nitrogens with zero attached hydrogens (tertiary/aromatic N) is 2. The minimum absolute atomic E-state index is 0.00639. The molecule has 194 valence electrons. The molecule has 1 aromatic carbocycles. The molecule has 1 fully saturated rings. The van der Waals surface area contributed by atoms with Crippen molar-refractivity contribution in [3.05, 3.63) is 41.2 Å². The van der Waals surface area contributed by atoms with E-state index >= 15 is 4.39 Å². The maximum Gasteiger partial charge on any atom is 0.387 e. The Hall–Kier alpha value is -2.55. The molecule has 0 aliphatic heterocycles. The number of aliphatic hydroxyl groups is 1. The van der Waals surface area contributed by atoms with Crippen LogP contribution in [-0.4, -0.2) is 39.3 Å². The van der Waals surface area contributed by atoms with Gasteiger partial charge in [-0.1, -0.05) is 40.7 Å². The fourth-order valence-corrected chi connectivity index (χ4v) is 4.53. The Balaban J connectivity index is 1.91. The predicted molar refractivity (Wildman–Crippen MR) is 128 cm³/mol. The van der Waals surface area contributed by atoms with E-state index in [1.54, 1.807) is 13.0 Å². The second-order valence-corrected chi connectivity index (χ2v) is 10.9. The summed E-state index contributed by atoms with van der Waals surface area (Å²) in [4.78, 5) is 17.0. The van der Waals surface area contributed by atoms with Gasteiger partial charge in [-0.3, -0.25) is 9.36 Å². The lowest BCUT2D eigenvalue weighted by molar-refractivity contribution is -0.0499. The maximum absolute atomic E-state index is 15.6. The summed E-state index contributed by atoms with van der Waals surface area (Å²) < 4.78 is 47.8. The molecular weight excluding hydrogens is 459 g/mol. The van der Waals surface area contributed by atoms with E-state index in [9.17, 15) is 18.7 Å². The van der Waals surface area contributed by atoms with Gasteiger partial charge in [0.25, 0.3) is 5.91 Å². The highest BCUT2D eigenvalue weighted by Crippen LogP contribution is 2.33. The molecule has 3 rings (SSSR count). The molecule has 0 saturated heterocycles. The molecule has 1 heterocycles. The molecule has 0 bridgehead atoms. The number of hydrogen-bond acceptors (Lipinski definition) is 4. The van der Waals surface area contributed by atoms with Gasteiger partial charge in [-0.2, -0.15) is 13.2 Å². The molecular formula is C26H36F3N3O3. The van der Waals surface area contributed by atoms with Crippen LogP contribution in [0.1, 0.15) is 82.2 Å². The first kappa shape index (κ1) is 27.0. The van der Waals surface area contributed by atoms with E-state index < -0.39 is 29.8 Å². The third kappa shape index (κ3) is 6.78. The van der Waals surface area contributed by atoms with Crippen LogP contribution >= 0.6 is 0 Å². The quantitative estimate of drug-likeness (QED) is 0.512. The molecule has 1 saturated carbocycles. The van der Waals surface area contributed by atoms with Crippen LogP contribution in [0.4, 0.5) is 13.2 Å². The summed E-state index contributed by atoms with van der Waals surface area (Å²) in [5, 5.41) is 13.3. The molecule has 1 amide bonds. The lowest BCUT2D eigenvalue weighted by Crippen LogP contribution is -2.45. The molecule has 6 nitrogen and oxygen atoms in total. The molecule has 1 aliphatic rings. The van der Waals surface area contributed by atoms with Gasteiger partial charge in [0, 0.05) is 13.0 Å². The summed E-state index contributed by atoms with van der Waals surface area (Å²) in [6.45, 7) is 6.81. The van der Waals surface area contributed by atoms with Gasteiger partial charge in [0.1, 0.15) is 5.82 Å². The van der Waals surface area contributed by atoms with E-state index in [-0.39, 0.29) is 35.6 Å². The predicted octanol–water partition coefficient (Wildman–Crippen LogP) is 5.43. The zero-order valence-electron chi connectivity index (χ0n) is 21.1. The Morgan fingerprint density at radius 2 is 1.97 bits per heavy atom. The van der Waals surface area contributed by atoms with Crippen molar-refractivity contribution in [1.29, 1.82) is 0 Å². The molecule has 0 unspecified atom stereocenters. The van der Waals surface area contributed by atoms with Crippen LogP contribution in [0, 0.1) is 17.3 Å². The Labute approximate surface area is 204 Å². The van der Waals surface area contributed by atoms with Gasteiger partial charge in [-0.15, -0.1) is 0 Å². The fraction of sp³-hybridized carbons (Fsp3) is 0.615. The summed E-state index contributed by atoms with van der Waals surface area (Å²) >= 11 is 0. The van der Waals surface area contributed by atoms with Gasteiger partial charge in [0.15, 0.2) is 11.4 Å². The van der Waals surface area contributed by atoms with Crippen LogP contribution in [0.3, 0.4) is 0 Å². The molecule has 2 aromatic rings. The number of carbonyl (C=O) groups is 1. The smallest absolute Gasteiger partial charge is 0.387 e. The number of rotatable bonds is 8. The van der Waals surface area contributed by atoms with Crippen molar-refractivity contribution in [2.45, 2.75) is 85.4 Å². The highest BCUT2D eigenvalue weighted by Gasteiger charge is 2.33. The normalized spacial score (nSPS) is 20.8. The number of aromatic nitrogens is 2.